The zero-order valence-corrected chi connectivity index (χ0v) is 10.4. The first-order valence-electron chi connectivity index (χ1n) is 5.62. The second-order valence-corrected chi connectivity index (χ2v) is 5.33. The Balaban J connectivity index is 2.62. The van der Waals surface area contributed by atoms with Gasteiger partial charge in [0.05, 0.1) is 6.54 Å². The third-order valence-electron chi connectivity index (χ3n) is 2.57. The van der Waals surface area contributed by atoms with E-state index in [1.807, 2.05) is 0 Å². The number of carbonyl (C=O) groups is 1. The molecule has 1 heterocycles. The summed E-state index contributed by atoms with van der Waals surface area (Å²) >= 11 is 0. The summed E-state index contributed by atoms with van der Waals surface area (Å²) in [6.45, 7) is 4.05. The Bertz CT molecular complexity index is 289. The van der Waals surface area contributed by atoms with Gasteiger partial charge in [-0.15, -0.1) is 0 Å². The molecule has 1 atom stereocenters. The molecule has 0 bridgehead atoms. The van der Waals surface area contributed by atoms with E-state index in [1.165, 1.54) is 0 Å². The van der Waals surface area contributed by atoms with Gasteiger partial charge in [0.25, 0.3) is 5.92 Å². The molecule has 1 saturated heterocycles. The van der Waals surface area contributed by atoms with Crippen LogP contribution in [0.5, 0.6) is 0 Å². The number of halogens is 2. The number of nitrogens with zero attached hydrogens (tertiary/aromatic N) is 1. The van der Waals surface area contributed by atoms with Gasteiger partial charge in [-0.1, -0.05) is 0 Å². The highest BCUT2D eigenvalue weighted by Crippen LogP contribution is 2.35. The van der Waals surface area contributed by atoms with Crippen molar-refractivity contribution in [3.05, 3.63) is 0 Å². The van der Waals surface area contributed by atoms with Crippen molar-refractivity contribution in [2.75, 3.05) is 19.7 Å². The van der Waals surface area contributed by atoms with Gasteiger partial charge in [0.2, 0.25) is 0 Å². The number of carbonyl (C=O) groups excluding carboxylic acids is 1. The molecule has 1 aliphatic heterocycles. The molecule has 0 aromatic heterocycles. The molecule has 0 spiro atoms. The zero-order chi connectivity index (χ0) is 13.3. The molecule has 100 valence electrons. The van der Waals surface area contributed by atoms with E-state index < -0.39 is 30.1 Å². The summed E-state index contributed by atoms with van der Waals surface area (Å²) in [6.07, 6.45) is -0.732. The molecule has 0 radical (unpaired) electrons. The summed E-state index contributed by atoms with van der Waals surface area (Å²) in [4.78, 5) is 12.6. The first kappa shape index (κ1) is 14.2. The molecule has 6 heteroatoms. The van der Waals surface area contributed by atoms with Gasteiger partial charge in [-0.25, -0.2) is 13.6 Å². The van der Waals surface area contributed by atoms with Gasteiger partial charge in [-0.05, 0) is 27.2 Å². The number of ether oxygens (including phenoxy) is 1. The van der Waals surface area contributed by atoms with Crippen molar-refractivity contribution in [2.24, 2.45) is 5.92 Å². The van der Waals surface area contributed by atoms with Crippen molar-refractivity contribution in [3.8, 4) is 0 Å². The van der Waals surface area contributed by atoms with E-state index in [0.717, 1.165) is 4.90 Å². The number of likely N-dealkylation sites (tertiary alicyclic amines) is 1. The standard InChI is InChI=1S/C11H19F2NO3/c1-10(2,3)17-9(16)14-6-8(4-5-15)11(12,13)7-14/h8,15H,4-7H2,1-3H3. The molecule has 4 nitrogen and oxygen atoms in total. The number of aliphatic hydroxyl groups excluding tert-OH is 1. The van der Waals surface area contributed by atoms with Crippen molar-refractivity contribution < 1.29 is 23.4 Å². The van der Waals surface area contributed by atoms with Crippen LogP contribution in [0.3, 0.4) is 0 Å². The van der Waals surface area contributed by atoms with Crippen LogP contribution in [0.25, 0.3) is 0 Å². The molecule has 1 unspecified atom stereocenters. The minimum Gasteiger partial charge on any atom is -0.444 e. The molecule has 0 saturated carbocycles. The lowest BCUT2D eigenvalue weighted by molar-refractivity contribution is -0.0355. The van der Waals surface area contributed by atoms with Crippen molar-refractivity contribution in [1.29, 1.82) is 0 Å². The van der Waals surface area contributed by atoms with Crippen molar-refractivity contribution in [1.82, 2.24) is 4.90 Å². The monoisotopic (exact) mass is 251 g/mol. The number of hydrogen-bond donors (Lipinski definition) is 1. The SMILES string of the molecule is CC(C)(C)OC(=O)N1CC(CCO)C(F)(F)C1. The molecule has 0 aromatic carbocycles. The van der Waals surface area contributed by atoms with Crippen LogP contribution in [0.2, 0.25) is 0 Å². The van der Waals surface area contributed by atoms with E-state index in [-0.39, 0.29) is 19.6 Å². The summed E-state index contributed by atoms with van der Waals surface area (Å²) in [6, 6.07) is 0. The third kappa shape index (κ3) is 3.80. The summed E-state index contributed by atoms with van der Waals surface area (Å²) in [5, 5.41) is 8.70. The summed E-state index contributed by atoms with van der Waals surface area (Å²) < 4.78 is 32.0. The van der Waals surface area contributed by atoms with Gasteiger partial charge in [0, 0.05) is 19.1 Å². The molecule has 1 aliphatic rings. The average molecular weight is 251 g/mol. The average Bonchev–Trinajstić information content (AvgIpc) is 2.40. The van der Waals surface area contributed by atoms with Gasteiger partial charge in [-0.2, -0.15) is 0 Å². The fourth-order valence-electron chi connectivity index (χ4n) is 1.77. The summed E-state index contributed by atoms with van der Waals surface area (Å²) in [7, 11) is 0. The van der Waals surface area contributed by atoms with Crippen LogP contribution in [0.15, 0.2) is 0 Å². The van der Waals surface area contributed by atoms with E-state index in [2.05, 4.69) is 0 Å². The normalized spacial score (nSPS) is 23.9. The molecule has 0 aliphatic carbocycles. The topological polar surface area (TPSA) is 49.8 Å². The predicted octanol–water partition coefficient (Wildman–Crippen LogP) is 1.87. The molecule has 1 rings (SSSR count). The highest BCUT2D eigenvalue weighted by molar-refractivity contribution is 5.68. The Hall–Kier alpha value is -0.910. The molecular weight excluding hydrogens is 232 g/mol. The first-order chi connectivity index (χ1) is 7.65. The fourth-order valence-corrected chi connectivity index (χ4v) is 1.77. The van der Waals surface area contributed by atoms with E-state index in [9.17, 15) is 13.6 Å². The number of rotatable bonds is 2. The number of aliphatic hydroxyl groups is 1. The quantitative estimate of drug-likeness (QED) is 0.815. The van der Waals surface area contributed by atoms with Gasteiger partial charge in [0.1, 0.15) is 5.60 Å². The fraction of sp³-hybridized carbons (Fsp3) is 0.909. The van der Waals surface area contributed by atoms with Crippen molar-refractivity contribution >= 4 is 6.09 Å². The molecule has 0 aromatic rings. The van der Waals surface area contributed by atoms with Gasteiger partial charge in [-0.3, -0.25) is 0 Å². The number of hydrogen-bond acceptors (Lipinski definition) is 3. The lowest BCUT2D eigenvalue weighted by atomic mass is 10.0. The highest BCUT2D eigenvalue weighted by Gasteiger charge is 2.49. The Labute approximate surface area is 99.5 Å². The van der Waals surface area contributed by atoms with E-state index in [4.69, 9.17) is 9.84 Å². The maximum Gasteiger partial charge on any atom is 0.410 e. The van der Waals surface area contributed by atoms with Crippen molar-refractivity contribution in [2.45, 2.75) is 38.7 Å². The maximum absolute atomic E-state index is 13.5. The van der Waals surface area contributed by atoms with Gasteiger partial charge in [0.15, 0.2) is 0 Å². The van der Waals surface area contributed by atoms with Crippen LogP contribution in [-0.2, 0) is 4.74 Å². The largest absolute Gasteiger partial charge is 0.444 e. The van der Waals surface area contributed by atoms with Gasteiger partial charge >= 0.3 is 6.09 Å². The zero-order valence-electron chi connectivity index (χ0n) is 10.4. The van der Waals surface area contributed by atoms with Gasteiger partial charge < -0.3 is 14.7 Å². The second kappa shape index (κ2) is 4.76. The van der Waals surface area contributed by atoms with Crippen LogP contribution in [0.4, 0.5) is 13.6 Å². The predicted molar refractivity (Wildman–Crippen MR) is 57.9 cm³/mol. The Kier molecular flexibility index (Phi) is 3.96. The molecular formula is C11H19F2NO3. The Morgan fingerprint density at radius 2 is 2.12 bits per heavy atom. The number of amides is 1. The Morgan fingerprint density at radius 1 is 1.53 bits per heavy atom. The van der Waals surface area contributed by atoms with E-state index in [1.54, 1.807) is 20.8 Å². The van der Waals surface area contributed by atoms with Crippen LogP contribution < -0.4 is 0 Å². The van der Waals surface area contributed by atoms with Crippen LogP contribution in [0, 0.1) is 5.92 Å². The second-order valence-electron chi connectivity index (χ2n) is 5.33. The molecule has 1 fully saturated rings. The van der Waals surface area contributed by atoms with E-state index in [0.29, 0.717) is 0 Å². The van der Waals surface area contributed by atoms with Crippen molar-refractivity contribution in [3.63, 3.8) is 0 Å². The molecule has 17 heavy (non-hydrogen) atoms. The smallest absolute Gasteiger partial charge is 0.410 e. The third-order valence-corrected chi connectivity index (χ3v) is 2.57. The molecule has 1 amide bonds. The lowest BCUT2D eigenvalue weighted by Crippen LogP contribution is -2.36. The summed E-state index contributed by atoms with van der Waals surface area (Å²) in [5.41, 5.74) is -0.693. The summed E-state index contributed by atoms with van der Waals surface area (Å²) in [5.74, 6) is -3.93. The minimum atomic E-state index is -2.94. The van der Waals surface area contributed by atoms with E-state index >= 15 is 0 Å². The number of alkyl halides is 2. The van der Waals surface area contributed by atoms with Crippen LogP contribution in [0.1, 0.15) is 27.2 Å². The maximum atomic E-state index is 13.5. The van der Waals surface area contributed by atoms with Crippen LogP contribution in [-0.4, -0.2) is 47.3 Å². The highest BCUT2D eigenvalue weighted by atomic mass is 19.3. The lowest BCUT2D eigenvalue weighted by Gasteiger charge is -2.24. The first-order valence-corrected chi connectivity index (χ1v) is 5.62. The minimum absolute atomic E-state index is 0.00764. The van der Waals surface area contributed by atoms with Crippen LogP contribution >= 0.6 is 0 Å². The molecule has 1 N–H and O–H groups in total. The Morgan fingerprint density at radius 3 is 2.59 bits per heavy atom.